The van der Waals surface area contributed by atoms with Gasteiger partial charge < -0.3 is 16.2 Å². The molecule has 4 heteroatoms. The van der Waals surface area contributed by atoms with Crippen molar-refractivity contribution in [1.82, 2.24) is 5.32 Å². The molecule has 1 atom stereocenters. The summed E-state index contributed by atoms with van der Waals surface area (Å²) in [5.74, 6) is -0.382. The van der Waals surface area contributed by atoms with Crippen LogP contribution in [0.15, 0.2) is 30.3 Å². The van der Waals surface area contributed by atoms with Crippen molar-refractivity contribution in [3.8, 4) is 0 Å². The molecule has 17 heavy (non-hydrogen) atoms. The van der Waals surface area contributed by atoms with Crippen molar-refractivity contribution in [3.63, 3.8) is 0 Å². The zero-order chi connectivity index (χ0) is 12.3. The molecule has 0 saturated heterocycles. The number of amides is 1. The molecular weight excluding hydrogens is 216 g/mol. The Balaban J connectivity index is 1.87. The largest absolute Gasteiger partial charge is 0.378 e. The lowest BCUT2D eigenvalue weighted by Gasteiger charge is -2.38. The van der Waals surface area contributed by atoms with Crippen molar-refractivity contribution in [2.24, 2.45) is 5.73 Å². The lowest BCUT2D eigenvalue weighted by molar-refractivity contribution is -0.130. The molecule has 92 valence electrons. The highest BCUT2D eigenvalue weighted by Crippen LogP contribution is 2.28. The summed E-state index contributed by atoms with van der Waals surface area (Å²) in [6, 6.07) is 8.89. The smallest absolute Gasteiger partial charge is 0.253 e. The summed E-state index contributed by atoms with van der Waals surface area (Å²) in [6.45, 7) is 0.440. The third-order valence-electron chi connectivity index (χ3n) is 3.33. The average Bonchev–Trinajstić information content (AvgIpc) is 2.33. The monoisotopic (exact) mass is 234 g/mol. The summed E-state index contributed by atoms with van der Waals surface area (Å²) in [4.78, 5) is 11.7. The number of benzene rings is 1. The number of aliphatic hydroxyl groups excluding tert-OH is 1. The van der Waals surface area contributed by atoms with Gasteiger partial charge in [0.05, 0.1) is 0 Å². The summed E-state index contributed by atoms with van der Waals surface area (Å²) in [5, 5.41) is 12.5. The standard InChI is InChI=1S/C13H18N2O2/c14-13(7-4-8-13)9-15-12(17)11(16)10-5-2-1-3-6-10/h1-3,5-6,11,16H,4,7-9,14H2,(H,15,17). The second kappa shape index (κ2) is 4.85. The summed E-state index contributed by atoms with van der Waals surface area (Å²) in [5.41, 5.74) is 6.34. The van der Waals surface area contributed by atoms with Gasteiger partial charge in [0.25, 0.3) is 5.91 Å². The second-order valence-electron chi connectivity index (χ2n) is 4.75. The minimum Gasteiger partial charge on any atom is -0.378 e. The molecule has 1 amide bonds. The van der Waals surface area contributed by atoms with Crippen LogP contribution in [0.4, 0.5) is 0 Å². The number of rotatable bonds is 4. The molecule has 1 saturated carbocycles. The van der Waals surface area contributed by atoms with Gasteiger partial charge in [0, 0.05) is 12.1 Å². The molecule has 0 aromatic heterocycles. The average molecular weight is 234 g/mol. The van der Waals surface area contributed by atoms with Crippen LogP contribution in [0, 0.1) is 0 Å². The predicted molar refractivity (Wildman–Crippen MR) is 65.2 cm³/mol. The van der Waals surface area contributed by atoms with E-state index in [2.05, 4.69) is 5.32 Å². The molecule has 0 heterocycles. The normalized spacial score (nSPS) is 19.2. The van der Waals surface area contributed by atoms with Gasteiger partial charge in [0.2, 0.25) is 0 Å². The van der Waals surface area contributed by atoms with E-state index >= 15 is 0 Å². The molecular formula is C13H18N2O2. The van der Waals surface area contributed by atoms with Crippen LogP contribution in [-0.4, -0.2) is 23.1 Å². The van der Waals surface area contributed by atoms with Gasteiger partial charge in [-0.2, -0.15) is 0 Å². The van der Waals surface area contributed by atoms with E-state index in [1.54, 1.807) is 24.3 Å². The van der Waals surface area contributed by atoms with Gasteiger partial charge in [0.1, 0.15) is 0 Å². The van der Waals surface area contributed by atoms with E-state index in [0.717, 1.165) is 19.3 Å². The Hall–Kier alpha value is -1.39. The molecule has 1 aromatic carbocycles. The van der Waals surface area contributed by atoms with Gasteiger partial charge in [-0.3, -0.25) is 4.79 Å². The Morgan fingerprint density at radius 1 is 1.41 bits per heavy atom. The van der Waals surface area contributed by atoms with Crippen LogP contribution >= 0.6 is 0 Å². The molecule has 1 aromatic rings. The molecule has 0 aliphatic heterocycles. The highest BCUT2D eigenvalue weighted by Gasteiger charge is 2.33. The SMILES string of the molecule is NC1(CNC(=O)C(O)c2ccccc2)CCC1. The topological polar surface area (TPSA) is 75.3 Å². The van der Waals surface area contributed by atoms with Crippen molar-refractivity contribution >= 4 is 5.91 Å². The zero-order valence-electron chi connectivity index (χ0n) is 9.73. The van der Waals surface area contributed by atoms with Gasteiger partial charge in [-0.05, 0) is 24.8 Å². The van der Waals surface area contributed by atoms with E-state index in [9.17, 15) is 9.90 Å². The highest BCUT2D eigenvalue weighted by atomic mass is 16.3. The van der Waals surface area contributed by atoms with Crippen LogP contribution in [0.5, 0.6) is 0 Å². The van der Waals surface area contributed by atoms with E-state index in [-0.39, 0.29) is 11.4 Å². The highest BCUT2D eigenvalue weighted by molar-refractivity contribution is 5.81. The molecule has 0 spiro atoms. The predicted octanol–water partition coefficient (Wildman–Crippen LogP) is 0.718. The second-order valence-corrected chi connectivity index (χ2v) is 4.75. The summed E-state index contributed by atoms with van der Waals surface area (Å²) in [7, 11) is 0. The Labute approximate surface area is 101 Å². The lowest BCUT2D eigenvalue weighted by atomic mass is 9.78. The first-order valence-corrected chi connectivity index (χ1v) is 5.90. The Morgan fingerprint density at radius 3 is 2.59 bits per heavy atom. The van der Waals surface area contributed by atoms with E-state index < -0.39 is 6.10 Å². The Bertz CT molecular complexity index is 388. The van der Waals surface area contributed by atoms with Gasteiger partial charge in [-0.1, -0.05) is 30.3 Å². The molecule has 0 radical (unpaired) electrons. The van der Waals surface area contributed by atoms with Crippen molar-refractivity contribution in [2.45, 2.75) is 30.9 Å². The number of carbonyl (C=O) groups is 1. The summed E-state index contributed by atoms with van der Waals surface area (Å²) in [6.07, 6.45) is 1.89. The van der Waals surface area contributed by atoms with Crippen LogP contribution in [0.3, 0.4) is 0 Å². The molecule has 1 unspecified atom stereocenters. The van der Waals surface area contributed by atoms with E-state index in [0.29, 0.717) is 12.1 Å². The molecule has 1 fully saturated rings. The van der Waals surface area contributed by atoms with Crippen molar-refractivity contribution in [2.75, 3.05) is 6.54 Å². The molecule has 1 aliphatic rings. The fourth-order valence-corrected chi connectivity index (χ4v) is 1.95. The minimum absolute atomic E-state index is 0.258. The quantitative estimate of drug-likeness (QED) is 0.718. The first kappa shape index (κ1) is 12.1. The number of nitrogens with two attached hydrogens (primary N) is 1. The van der Waals surface area contributed by atoms with Gasteiger partial charge >= 0.3 is 0 Å². The maximum Gasteiger partial charge on any atom is 0.253 e. The van der Waals surface area contributed by atoms with Crippen molar-refractivity contribution in [1.29, 1.82) is 0 Å². The van der Waals surface area contributed by atoms with Crippen LogP contribution in [0.1, 0.15) is 30.9 Å². The van der Waals surface area contributed by atoms with E-state index in [1.807, 2.05) is 6.07 Å². The fraction of sp³-hybridized carbons (Fsp3) is 0.462. The van der Waals surface area contributed by atoms with E-state index in [4.69, 9.17) is 5.73 Å². The first-order chi connectivity index (χ1) is 8.11. The maximum atomic E-state index is 11.7. The first-order valence-electron chi connectivity index (χ1n) is 5.90. The van der Waals surface area contributed by atoms with Crippen LogP contribution in [0.25, 0.3) is 0 Å². The molecule has 4 nitrogen and oxygen atoms in total. The molecule has 2 rings (SSSR count). The maximum absolute atomic E-state index is 11.7. The zero-order valence-corrected chi connectivity index (χ0v) is 9.73. The van der Waals surface area contributed by atoms with Crippen LogP contribution < -0.4 is 11.1 Å². The van der Waals surface area contributed by atoms with Crippen LogP contribution in [0.2, 0.25) is 0 Å². The third kappa shape index (κ3) is 2.84. The fourth-order valence-electron chi connectivity index (χ4n) is 1.95. The number of hydrogen-bond acceptors (Lipinski definition) is 3. The molecule has 1 aliphatic carbocycles. The Kier molecular flexibility index (Phi) is 3.45. The molecule has 4 N–H and O–H groups in total. The third-order valence-corrected chi connectivity index (χ3v) is 3.33. The van der Waals surface area contributed by atoms with E-state index in [1.165, 1.54) is 0 Å². The number of aliphatic hydroxyl groups is 1. The van der Waals surface area contributed by atoms with Crippen LogP contribution in [-0.2, 0) is 4.79 Å². The summed E-state index contributed by atoms with van der Waals surface area (Å²) >= 11 is 0. The lowest BCUT2D eigenvalue weighted by Crippen LogP contribution is -2.55. The van der Waals surface area contributed by atoms with Crippen molar-refractivity contribution in [3.05, 3.63) is 35.9 Å². The number of carbonyl (C=O) groups excluding carboxylic acids is 1. The van der Waals surface area contributed by atoms with Crippen molar-refractivity contribution < 1.29 is 9.90 Å². The summed E-state index contributed by atoms with van der Waals surface area (Å²) < 4.78 is 0. The molecule has 0 bridgehead atoms. The van der Waals surface area contributed by atoms with Gasteiger partial charge in [-0.15, -0.1) is 0 Å². The minimum atomic E-state index is -1.11. The number of nitrogens with one attached hydrogen (secondary N) is 1. The van der Waals surface area contributed by atoms with Gasteiger partial charge in [0.15, 0.2) is 6.10 Å². The Morgan fingerprint density at radius 2 is 2.06 bits per heavy atom. The van der Waals surface area contributed by atoms with Gasteiger partial charge in [-0.25, -0.2) is 0 Å². The number of hydrogen-bond donors (Lipinski definition) is 3.